The lowest BCUT2D eigenvalue weighted by molar-refractivity contribution is 0.728. The molecule has 2 rings (SSSR count). The average Bonchev–Trinajstić information content (AvgIpc) is 2.73. The van der Waals surface area contributed by atoms with Crippen LogP contribution in [0.15, 0.2) is 12.1 Å². The highest BCUT2D eigenvalue weighted by Gasteiger charge is 2.04. The van der Waals surface area contributed by atoms with E-state index >= 15 is 0 Å². The minimum Gasteiger partial charge on any atom is -0.355 e. The highest BCUT2D eigenvalue weighted by Crippen LogP contribution is 2.06. The van der Waals surface area contributed by atoms with Crippen molar-refractivity contribution in [3.05, 3.63) is 12.1 Å². The van der Waals surface area contributed by atoms with Crippen molar-refractivity contribution in [3.8, 4) is 12.3 Å². The van der Waals surface area contributed by atoms with Crippen LogP contribution in [0.25, 0.3) is 5.65 Å². The van der Waals surface area contributed by atoms with Gasteiger partial charge >= 0.3 is 0 Å². The zero-order valence-electron chi connectivity index (χ0n) is 8.25. The van der Waals surface area contributed by atoms with Gasteiger partial charge < -0.3 is 5.32 Å². The fourth-order valence-electron chi connectivity index (χ4n) is 1.17. The zero-order valence-corrected chi connectivity index (χ0v) is 8.25. The van der Waals surface area contributed by atoms with Gasteiger partial charge in [0.15, 0.2) is 5.65 Å². The highest BCUT2D eigenvalue weighted by molar-refractivity contribution is 5.43. The third kappa shape index (κ3) is 1.86. The third-order valence-corrected chi connectivity index (χ3v) is 2.00. The van der Waals surface area contributed by atoms with Gasteiger partial charge in [-0.15, -0.1) is 21.3 Å². The summed E-state index contributed by atoms with van der Waals surface area (Å²) in [7, 11) is 0. The van der Waals surface area contributed by atoms with Crippen molar-refractivity contribution in [2.45, 2.75) is 19.4 Å². The predicted octanol–water partition coefficient (Wildman–Crippen LogP) is 0.343. The molecular formula is C9H10N6. The number of hydrogen-bond donors (Lipinski definition) is 1. The first-order valence-corrected chi connectivity index (χ1v) is 4.61. The van der Waals surface area contributed by atoms with Crippen LogP contribution in [0.5, 0.6) is 0 Å². The van der Waals surface area contributed by atoms with Crippen LogP contribution >= 0.6 is 0 Å². The summed E-state index contributed by atoms with van der Waals surface area (Å²) in [6.07, 6.45) is 6.18. The van der Waals surface area contributed by atoms with Crippen molar-refractivity contribution in [1.82, 2.24) is 25.3 Å². The molecule has 0 bridgehead atoms. The van der Waals surface area contributed by atoms with Gasteiger partial charge in [-0.05, 0) is 29.0 Å². The SMILES string of the molecule is C#CC(CC)Nc1ccc2nnnn2n1. The van der Waals surface area contributed by atoms with Crippen LogP contribution in [0, 0.1) is 12.3 Å². The Morgan fingerprint density at radius 3 is 3.20 bits per heavy atom. The minimum absolute atomic E-state index is 0.0218. The third-order valence-electron chi connectivity index (χ3n) is 2.00. The maximum Gasteiger partial charge on any atom is 0.200 e. The quantitative estimate of drug-likeness (QED) is 0.727. The maximum atomic E-state index is 5.34. The molecule has 15 heavy (non-hydrogen) atoms. The van der Waals surface area contributed by atoms with Crippen LogP contribution in [-0.4, -0.2) is 31.3 Å². The summed E-state index contributed by atoms with van der Waals surface area (Å²) >= 11 is 0. The Hall–Kier alpha value is -2.16. The van der Waals surface area contributed by atoms with Gasteiger partial charge in [0, 0.05) is 0 Å². The second-order valence-corrected chi connectivity index (χ2v) is 3.02. The van der Waals surface area contributed by atoms with Crippen LogP contribution in [0.4, 0.5) is 5.82 Å². The molecule has 0 aliphatic carbocycles. The van der Waals surface area contributed by atoms with Crippen molar-refractivity contribution in [1.29, 1.82) is 0 Å². The van der Waals surface area contributed by atoms with E-state index in [1.165, 1.54) is 4.63 Å². The Morgan fingerprint density at radius 2 is 2.47 bits per heavy atom. The molecule has 0 aliphatic rings. The molecule has 0 saturated heterocycles. The van der Waals surface area contributed by atoms with Gasteiger partial charge in [0.05, 0.1) is 6.04 Å². The Morgan fingerprint density at radius 1 is 1.60 bits per heavy atom. The number of nitrogens with one attached hydrogen (secondary N) is 1. The predicted molar refractivity (Wildman–Crippen MR) is 55.1 cm³/mol. The Balaban J connectivity index is 2.25. The molecule has 0 amide bonds. The van der Waals surface area contributed by atoms with Gasteiger partial charge in [-0.2, -0.15) is 0 Å². The number of rotatable bonds is 3. The Kier molecular flexibility index (Phi) is 2.46. The fraction of sp³-hybridized carbons (Fsp3) is 0.333. The van der Waals surface area contributed by atoms with Crippen molar-refractivity contribution in [2.24, 2.45) is 0 Å². The summed E-state index contributed by atoms with van der Waals surface area (Å²) in [5.74, 6) is 3.30. The molecular weight excluding hydrogens is 192 g/mol. The molecule has 1 atom stereocenters. The molecule has 2 heterocycles. The normalized spacial score (nSPS) is 12.3. The lowest BCUT2D eigenvalue weighted by atomic mass is 10.2. The van der Waals surface area contributed by atoms with Crippen LogP contribution in [-0.2, 0) is 0 Å². The van der Waals surface area contributed by atoms with E-state index in [0.29, 0.717) is 11.5 Å². The molecule has 0 spiro atoms. The van der Waals surface area contributed by atoms with E-state index in [4.69, 9.17) is 6.42 Å². The van der Waals surface area contributed by atoms with E-state index in [2.05, 4.69) is 31.9 Å². The lowest BCUT2D eigenvalue weighted by Gasteiger charge is -2.10. The molecule has 6 heteroatoms. The highest BCUT2D eigenvalue weighted by atomic mass is 15.6. The first-order chi connectivity index (χ1) is 7.33. The van der Waals surface area contributed by atoms with E-state index in [9.17, 15) is 0 Å². The molecule has 0 aromatic carbocycles. The van der Waals surface area contributed by atoms with E-state index in [1.807, 2.05) is 6.92 Å². The number of hydrogen-bond acceptors (Lipinski definition) is 5. The van der Waals surface area contributed by atoms with E-state index in [-0.39, 0.29) is 6.04 Å². The summed E-state index contributed by atoms with van der Waals surface area (Å²) in [5.41, 5.74) is 0.606. The molecule has 1 N–H and O–H groups in total. The first kappa shape index (κ1) is 9.40. The number of terminal acetylenes is 1. The summed E-state index contributed by atoms with van der Waals surface area (Å²) in [6, 6.07) is 3.55. The number of anilines is 1. The largest absolute Gasteiger partial charge is 0.355 e. The number of nitrogens with zero attached hydrogens (tertiary/aromatic N) is 5. The van der Waals surface area contributed by atoms with Crippen LogP contribution in [0.2, 0.25) is 0 Å². The molecule has 0 saturated carbocycles. The van der Waals surface area contributed by atoms with Crippen molar-refractivity contribution in [3.63, 3.8) is 0 Å². The minimum atomic E-state index is -0.0218. The van der Waals surface area contributed by atoms with Crippen molar-refractivity contribution in [2.75, 3.05) is 5.32 Å². The Labute approximate surface area is 86.7 Å². The standard InChI is InChI=1S/C9H10N6/c1-3-7(4-2)10-8-5-6-9-11-13-14-15(9)12-8/h1,5-7H,4H2,2H3,(H,10,12). The summed E-state index contributed by atoms with van der Waals surface area (Å²) in [6.45, 7) is 2.01. The summed E-state index contributed by atoms with van der Waals surface area (Å²) in [4.78, 5) is 0. The van der Waals surface area contributed by atoms with E-state index in [0.717, 1.165) is 6.42 Å². The monoisotopic (exact) mass is 202 g/mol. The maximum absolute atomic E-state index is 5.34. The molecule has 0 aliphatic heterocycles. The van der Waals surface area contributed by atoms with Crippen molar-refractivity contribution < 1.29 is 0 Å². The van der Waals surface area contributed by atoms with Gasteiger partial charge in [0.25, 0.3) is 0 Å². The second-order valence-electron chi connectivity index (χ2n) is 3.02. The lowest BCUT2D eigenvalue weighted by Crippen LogP contribution is -2.17. The van der Waals surface area contributed by atoms with Crippen LogP contribution < -0.4 is 5.32 Å². The number of tetrazole rings is 1. The second kappa shape index (κ2) is 3.92. The van der Waals surface area contributed by atoms with Crippen molar-refractivity contribution >= 4 is 11.5 Å². The molecule has 2 aromatic heterocycles. The average molecular weight is 202 g/mol. The van der Waals surface area contributed by atoms with Gasteiger partial charge in [-0.3, -0.25) is 0 Å². The first-order valence-electron chi connectivity index (χ1n) is 4.61. The smallest absolute Gasteiger partial charge is 0.200 e. The molecule has 1 unspecified atom stereocenters. The van der Waals surface area contributed by atoms with Gasteiger partial charge in [-0.1, -0.05) is 12.8 Å². The Bertz CT molecular complexity index is 497. The molecule has 6 nitrogen and oxygen atoms in total. The van der Waals surface area contributed by atoms with Gasteiger partial charge in [0.1, 0.15) is 5.82 Å². The molecule has 76 valence electrons. The summed E-state index contributed by atoms with van der Waals surface area (Å²) < 4.78 is 1.35. The van der Waals surface area contributed by atoms with Crippen LogP contribution in [0.3, 0.4) is 0 Å². The van der Waals surface area contributed by atoms with Gasteiger partial charge in [-0.25, -0.2) is 0 Å². The molecule has 0 radical (unpaired) electrons. The van der Waals surface area contributed by atoms with Crippen LogP contribution in [0.1, 0.15) is 13.3 Å². The summed E-state index contributed by atoms with van der Waals surface area (Å²) in [5, 5.41) is 18.2. The van der Waals surface area contributed by atoms with E-state index in [1.54, 1.807) is 12.1 Å². The van der Waals surface area contributed by atoms with Gasteiger partial charge in [0.2, 0.25) is 0 Å². The zero-order chi connectivity index (χ0) is 10.7. The van der Waals surface area contributed by atoms with E-state index < -0.39 is 0 Å². The number of aromatic nitrogens is 5. The molecule has 2 aromatic rings. The number of fused-ring (bicyclic) bond motifs is 1. The molecule has 0 fully saturated rings. The topological polar surface area (TPSA) is 68.0 Å². The fourth-order valence-corrected chi connectivity index (χ4v) is 1.17.